The van der Waals surface area contributed by atoms with Crippen LogP contribution in [0.4, 0.5) is 0 Å². The Morgan fingerprint density at radius 3 is 2.74 bits per heavy atom. The number of benzene rings is 1. The van der Waals surface area contributed by atoms with Crippen molar-refractivity contribution in [1.29, 1.82) is 0 Å². The van der Waals surface area contributed by atoms with Gasteiger partial charge >= 0.3 is 0 Å². The van der Waals surface area contributed by atoms with Gasteiger partial charge in [-0.05, 0) is 55.7 Å². The van der Waals surface area contributed by atoms with Crippen LogP contribution in [0.1, 0.15) is 45.1 Å². The Morgan fingerprint density at radius 2 is 2.11 bits per heavy atom. The standard InChI is InChI=1S/C17H26ClN/c1-3-10-19-17(15-9-8-13(2)11-15)12-14-6-4-5-7-16(14)18/h4-7,13,15,17,19H,3,8-12H2,1-2H3. The Kier molecular flexibility index (Phi) is 5.72. The van der Waals surface area contributed by atoms with Crippen molar-refractivity contribution in [3.63, 3.8) is 0 Å². The molecule has 1 nitrogen and oxygen atoms in total. The zero-order valence-corrected chi connectivity index (χ0v) is 12.9. The molecule has 1 N–H and O–H groups in total. The van der Waals surface area contributed by atoms with Gasteiger partial charge in [0.2, 0.25) is 0 Å². The van der Waals surface area contributed by atoms with Gasteiger partial charge in [0.25, 0.3) is 0 Å². The highest BCUT2D eigenvalue weighted by Gasteiger charge is 2.28. The van der Waals surface area contributed by atoms with Crippen molar-refractivity contribution in [3.8, 4) is 0 Å². The first kappa shape index (κ1) is 14.9. The lowest BCUT2D eigenvalue weighted by molar-refractivity contribution is 0.348. The fourth-order valence-electron chi connectivity index (χ4n) is 3.25. The number of nitrogens with one attached hydrogen (secondary N) is 1. The van der Waals surface area contributed by atoms with Gasteiger partial charge in [0.1, 0.15) is 0 Å². The molecule has 3 unspecified atom stereocenters. The molecule has 0 aromatic heterocycles. The van der Waals surface area contributed by atoms with E-state index in [9.17, 15) is 0 Å². The van der Waals surface area contributed by atoms with Crippen molar-refractivity contribution < 1.29 is 0 Å². The summed E-state index contributed by atoms with van der Waals surface area (Å²) in [6.45, 7) is 5.73. The summed E-state index contributed by atoms with van der Waals surface area (Å²) in [6, 6.07) is 8.87. The Morgan fingerprint density at radius 1 is 1.32 bits per heavy atom. The third-order valence-corrected chi connectivity index (χ3v) is 4.73. The van der Waals surface area contributed by atoms with E-state index in [4.69, 9.17) is 11.6 Å². The van der Waals surface area contributed by atoms with E-state index in [0.29, 0.717) is 6.04 Å². The molecule has 0 spiro atoms. The van der Waals surface area contributed by atoms with Crippen molar-refractivity contribution in [2.45, 2.75) is 52.0 Å². The van der Waals surface area contributed by atoms with Crippen LogP contribution in [0.15, 0.2) is 24.3 Å². The van der Waals surface area contributed by atoms with E-state index in [-0.39, 0.29) is 0 Å². The summed E-state index contributed by atoms with van der Waals surface area (Å²) in [4.78, 5) is 0. The number of hydrogen-bond acceptors (Lipinski definition) is 1. The highest BCUT2D eigenvalue weighted by molar-refractivity contribution is 6.31. The Labute approximate surface area is 122 Å². The smallest absolute Gasteiger partial charge is 0.0438 e. The number of hydrogen-bond donors (Lipinski definition) is 1. The number of rotatable bonds is 6. The highest BCUT2D eigenvalue weighted by Crippen LogP contribution is 2.34. The molecule has 1 aliphatic carbocycles. The van der Waals surface area contributed by atoms with Crippen molar-refractivity contribution in [3.05, 3.63) is 34.9 Å². The average Bonchev–Trinajstić information content (AvgIpc) is 2.83. The van der Waals surface area contributed by atoms with E-state index in [1.54, 1.807) is 0 Å². The molecule has 0 bridgehead atoms. The monoisotopic (exact) mass is 279 g/mol. The molecule has 1 saturated carbocycles. The van der Waals surface area contributed by atoms with Crippen LogP contribution < -0.4 is 5.32 Å². The first-order valence-corrected chi connectivity index (χ1v) is 8.05. The molecule has 19 heavy (non-hydrogen) atoms. The fraction of sp³-hybridized carbons (Fsp3) is 0.647. The second kappa shape index (κ2) is 7.31. The molecule has 1 aromatic rings. The van der Waals surface area contributed by atoms with Gasteiger partial charge in [-0.3, -0.25) is 0 Å². The molecule has 1 aromatic carbocycles. The van der Waals surface area contributed by atoms with Gasteiger partial charge in [-0.1, -0.05) is 50.1 Å². The largest absolute Gasteiger partial charge is 0.313 e. The van der Waals surface area contributed by atoms with Crippen LogP contribution in [0.5, 0.6) is 0 Å². The highest BCUT2D eigenvalue weighted by atomic mass is 35.5. The summed E-state index contributed by atoms with van der Waals surface area (Å²) in [7, 11) is 0. The van der Waals surface area contributed by atoms with E-state index < -0.39 is 0 Å². The molecule has 0 heterocycles. The molecule has 106 valence electrons. The van der Waals surface area contributed by atoms with Gasteiger partial charge in [0.15, 0.2) is 0 Å². The van der Waals surface area contributed by atoms with Crippen LogP contribution in [-0.4, -0.2) is 12.6 Å². The molecule has 0 radical (unpaired) electrons. The zero-order valence-electron chi connectivity index (χ0n) is 12.2. The number of halogens is 1. The fourth-order valence-corrected chi connectivity index (χ4v) is 3.47. The van der Waals surface area contributed by atoms with Crippen LogP contribution in [0.2, 0.25) is 5.02 Å². The van der Waals surface area contributed by atoms with Crippen LogP contribution in [0, 0.1) is 11.8 Å². The maximum Gasteiger partial charge on any atom is 0.0438 e. The summed E-state index contributed by atoms with van der Waals surface area (Å²) in [6.07, 6.45) is 6.38. The summed E-state index contributed by atoms with van der Waals surface area (Å²) in [5.41, 5.74) is 1.29. The van der Waals surface area contributed by atoms with Crippen molar-refractivity contribution in [2.75, 3.05) is 6.54 Å². The average molecular weight is 280 g/mol. The molecule has 1 fully saturated rings. The molecular weight excluding hydrogens is 254 g/mol. The quantitative estimate of drug-likeness (QED) is 0.797. The predicted molar refractivity (Wildman–Crippen MR) is 83.7 cm³/mol. The van der Waals surface area contributed by atoms with E-state index in [1.165, 1.54) is 31.2 Å². The molecule has 2 rings (SSSR count). The van der Waals surface area contributed by atoms with Crippen LogP contribution in [0.3, 0.4) is 0 Å². The third kappa shape index (κ3) is 4.22. The Balaban J connectivity index is 2.03. The second-order valence-electron chi connectivity index (χ2n) is 6.03. The second-order valence-corrected chi connectivity index (χ2v) is 6.44. The maximum atomic E-state index is 6.31. The first-order chi connectivity index (χ1) is 9.20. The minimum atomic E-state index is 0.588. The van der Waals surface area contributed by atoms with Crippen molar-refractivity contribution in [2.24, 2.45) is 11.8 Å². The molecule has 1 aliphatic rings. The van der Waals surface area contributed by atoms with E-state index in [0.717, 1.165) is 29.8 Å². The topological polar surface area (TPSA) is 12.0 Å². The summed E-state index contributed by atoms with van der Waals surface area (Å²) in [5.74, 6) is 1.71. The zero-order chi connectivity index (χ0) is 13.7. The molecule has 0 saturated heterocycles. The van der Waals surface area contributed by atoms with Gasteiger partial charge < -0.3 is 5.32 Å². The van der Waals surface area contributed by atoms with E-state index in [1.807, 2.05) is 12.1 Å². The molecule has 0 aliphatic heterocycles. The summed E-state index contributed by atoms with van der Waals surface area (Å²) >= 11 is 6.31. The lowest BCUT2D eigenvalue weighted by Gasteiger charge is -2.25. The van der Waals surface area contributed by atoms with Gasteiger partial charge in [-0.2, -0.15) is 0 Å². The van der Waals surface area contributed by atoms with Crippen LogP contribution in [-0.2, 0) is 6.42 Å². The van der Waals surface area contributed by atoms with Crippen LogP contribution in [0.25, 0.3) is 0 Å². The van der Waals surface area contributed by atoms with Gasteiger partial charge in [0.05, 0.1) is 0 Å². The predicted octanol–water partition coefficient (Wildman–Crippen LogP) is 4.69. The summed E-state index contributed by atoms with van der Waals surface area (Å²) in [5, 5.41) is 4.66. The summed E-state index contributed by atoms with van der Waals surface area (Å²) < 4.78 is 0. The Hall–Kier alpha value is -0.530. The van der Waals surface area contributed by atoms with Crippen molar-refractivity contribution in [1.82, 2.24) is 5.32 Å². The van der Waals surface area contributed by atoms with Gasteiger partial charge in [0, 0.05) is 11.1 Å². The minimum absolute atomic E-state index is 0.588. The minimum Gasteiger partial charge on any atom is -0.313 e. The van der Waals surface area contributed by atoms with Gasteiger partial charge in [-0.15, -0.1) is 0 Å². The molecule has 0 amide bonds. The SMILES string of the molecule is CCCNC(Cc1ccccc1Cl)C1CCC(C)C1. The van der Waals surface area contributed by atoms with E-state index >= 15 is 0 Å². The van der Waals surface area contributed by atoms with E-state index in [2.05, 4.69) is 31.3 Å². The Bertz CT molecular complexity index is 391. The maximum absolute atomic E-state index is 6.31. The molecule has 3 atom stereocenters. The van der Waals surface area contributed by atoms with Crippen LogP contribution >= 0.6 is 11.6 Å². The van der Waals surface area contributed by atoms with Crippen molar-refractivity contribution >= 4 is 11.6 Å². The normalized spacial score (nSPS) is 24.6. The third-order valence-electron chi connectivity index (χ3n) is 4.36. The lowest BCUT2D eigenvalue weighted by atomic mass is 9.91. The van der Waals surface area contributed by atoms with Gasteiger partial charge in [-0.25, -0.2) is 0 Å². The first-order valence-electron chi connectivity index (χ1n) is 7.67. The lowest BCUT2D eigenvalue weighted by Crippen LogP contribution is -2.37. The molecule has 2 heteroatoms. The molecular formula is C17H26ClN.